The first-order valence-electron chi connectivity index (χ1n) is 9.26. The van der Waals surface area contributed by atoms with Crippen LogP contribution in [0.3, 0.4) is 0 Å². The van der Waals surface area contributed by atoms with E-state index in [2.05, 4.69) is 0 Å². The van der Waals surface area contributed by atoms with Gasteiger partial charge >= 0.3 is 5.97 Å². The summed E-state index contributed by atoms with van der Waals surface area (Å²) >= 11 is 0. The van der Waals surface area contributed by atoms with Crippen LogP contribution in [0.1, 0.15) is 43.5 Å². The number of hydrogen-bond donors (Lipinski definition) is 1. The number of nitrogens with zero attached hydrogens (tertiary/aromatic N) is 2. The summed E-state index contributed by atoms with van der Waals surface area (Å²) in [6.45, 7) is 4.02. The Kier molecular flexibility index (Phi) is 5.31. The maximum Gasteiger partial charge on any atom is 0.326 e. The van der Waals surface area contributed by atoms with Crippen molar-refractivity contribution in [1.29, 1.82) is 0 Å². The molecule has 1 amide bonds. The Balaban J connectivity index is 1.83. The maximum absolute atomic E-state index is 12.9. The van der Waals surface area contributed by atoms with Gasteiger partial charge in [0.1, 0.15) is 6.04 Å². The van der Waals surface area contributed by atoms with Gasteiger partial charge < -0.3 is 10.0 Å². The molecule has 1 aromatic rings. The molecule has 7 nitrogen and oxygen atoms in total. The quantitative estimate of drug-likeness (QED) is 0.825. The van der Waals surface area contributed by atoms with Crippen LogP contribution in [0.15, 0.2) is 29.2 Å². The Labute approximate surface area is 160 Å². The Morgan fingerprint density at radius 2 is 1.81 bits per heavy atom. The number of aliphatic carboxylic acids is 1. The zero-order valence-corrected chi connectivity index (χ0v) is 16.6. The van der Waals surface area contributed by atoms with Crippen LogP contribution < -0.4 is 0 Å². The number of carbonyl (C=O) groups excluding carboxylic acids is 1. The molecule has 0 bridgehead atoms. The van der Waals surface area contributed by atoms with Gasteiger partial charge in [-0.2, -0.15) is 4.31 Å². The number of rotatable bonds is 5. The second kappa shape index (κ2) is 7.24. The van der Waals surface area contributed by atoms with E-state index in [0.29, 0.717) is 12.1 Å². The summed E-state index contributed by atoms with van der Waals surface area (Å²) in [5, 5.41) is 9.61. The number of sulfonamides is 1. The van der Waals surface area contributed by atoms with Gasteiger partial charge in [-0.15, -0.1) is 0 Å². The first-order chi connectivity index (χ1) is 12.6. The average Bonchev–Trinajstić information content (AvgIpc) is 3.20. The van der Waals surface area contributed by atoms with Gasteiger partial charge in [-0.3, -0.25) is 4.79 Å². The number of carboxylic acids is 1. The third-order valence-corrected chi connectivity index (χ3v) is 7.96. The van der Waals surface area contributed by atoms with Crippen LogP contribution in [0, 0.1) is 11.8 Å². The number of hydrogen-bond acceptors (Lipinski definition) is 4. The van der Waals surface area contributed by atoms with E-state index in [9.17, 15) is 23.1 Å². The lowest BCUT2D eigenvalue weighted by atomic mass is 9.94. The SMILES string of the molecule is CC(C)N(C)S(=O)(=O)c1ccc(C(=O)N2CC3CCCC3C2C(=O)O)cc1. The van der Waals surface area contributed by atoms with E-state index in [4.69, 9.17) is 0 Å². The van der Waals surface area contributed by atoms with Gasteiger partial charge in [-0.1, -0.05) is 6.42 Å². The smallest absolute Gasteiger partial charge is 0.326 e. The van der Waals surface area contributed by atoms with Gasteiger partial charge in [-0.25, -0.2) is 13.2 Å². The first kappa shape index (κ1) is 19.8. The highest BCUT2D eigenvalue weighted by Gasteiger charge is 2.49. The van der Waals surface area contributed by atoms with Gasteiger partial charge in [0, 0.05) is 25.2 Å². The predicted octanol–water partition coefficient (Wildman–Crippen LogP) is 2.04. The van der Waals surface area contributed by atoms with Gasteiger partial charge in [0.25, 0.3) is 5.91 Å². The van der Waals surface area contributed by atoms with E-state index in [0.717, 1.165) is 19.3 Å². The highest BCUT2D eigenvalue weighted by Crippen LogP contribution is 2.42. The molecule has 3 unspecified atom stereocenters. The number of benzene rings is 1. The molecule has 1 saturated heterocycles. The third-order valence-electron chi connectivity index (χ3n) is 5.91. The summed E-state index contributed by atoms with van der Waals surface area (Å²) in [5.74, 6) is -1.05. The lowest BCUT2D eigenvalue weighted by Gasteiger charge is -2.25. The third kappa shape index (κ3) is 3.48. The molecule has 0 spiro atoms. The Hall–Kier alpha value is -1.93. The van der Waals surface area contributed by atoms with Crippen LogP contribution >= 0.6 is 0 Å². The summed E-state index contributed by atoms with van der Waals surface area (Å²) in [5.41, 5.74) is 0.312. The molecular formula is C19H26N2O5S. The fraction of sp³-hybridized carbons (Fsp3) is 0.579. The molecule has 0 aromatic heterocycles. The molecule has 1 aliphatic heterocycles. The van der Waals surface area contributed by atoms with Crippen molar-refractivity contribution in [2.75, 3.05) is 13.6 Å². The van der Waals surface area contributed by atoms with Crippen LogP contribution in [0.4, 0.5) is 0 Å². The van der Waals surface area contributed by atoms with Crippen molar-refractivity contribution in [2.45, 2.75) is 50.1 Å². The minimum absolute atomic E-state index is 0.0193. The predicted molar refractivity (Wildman–Crippen MR) is 99.8 cm³/mol. The summed E-state index contributed by atoms with van der Waals surface area (Å²) in [6.07, 6.45) is 2.80. The van der Waals surface area contributed by atoms with Crippen LogP contribution in [0.25, 0.3) is 0 Å². The standard InChI is InChI=1S/C19H26N2O5S/c1-12(2)20(3)27(25,26)15-9-7-13(8-10-15)18(22)21-11-14-5-4-6-16(14)17(21)19(23)24/h7-10,12,14,16-17H,4-6,11H2,1-3H3,(H,23,24). The lowest BCUT2D eigenvalue weighted by Crippen LogP contribution is -2.43. The second-order valence-corrected chi connectivity index (χ2v) is 9.73. The lowest BCUT2D eigenvalue weighted by molar-refractivity contribution is -0.142. The number of likely N-dealkylation sites (tertiary alicyclic amines) is 1. The number of amides is 1. The van der Waals surface area contributed by atoms with Crippen molar-refractivity contribution in [3.63, 3.8) is 0 Å². The zero-order chi connectivity index (χ0) is 19.9. The minimum Gasteiger partial charge on any atom is -0.480 e. The van der Waals surface area contributed by atoms with E-state index in [1.807, 2.05) is 0 Å². The molecule has 1 saturated carbocycles. The Morgan fingerprint density at radius 1 is 1.19 bits per heavy atom. The van der Waals surface area contributed by atoms with Crippen molar-refractivity contribution in [2.24, 2.45) is 11.8 Å². The van der Waals surface area contributed by atoms with Crippen molar-refractivity contribution in [1.82, 2.24) is 9.21 Å². The molecule has 3 atom stereocenters. The molecule has 1 heterocycles. The molecule has 3 rings (SSSR count). The van der Waals surface area contributed by atoms with Crippen molar-refractivity contribution < 1.29 is 23.1 Å². The van der Waals surface area contributed by atoms with Gasteiger partial charge in [-0.05, 0) is 62.8 Å². The summed E-state index contributed by atoms with van der Waals surface area (Å²) in [7, 11) is -2.11. The van der Waals surface area contributed by atoms with Crippen molar-refractivity contribution >= 4 is 21.9 Å². The largest absolute Gasteiger partial charge is 0.480 e. The Bertz CT molecular complexity index is 834. The number of fused-ring (bicyclic) bond motifs is 1. The van der Waals surface area contributed by atoms with Crippen LogP contribution in [0.5, 0.6) is 0 Å². The molecule has 0 radical (unpaired) electrons. The monoisotopic (exact) mass is 394 g/mol. The van der Waals surface area contributed by atoms with Crippen LogP contribution in [0.2, 0.25) is 0 Å². The molecule has 1 aromatic carbocycles. The second-order valence-electron chi connectivity index (χ2n) is 7.73. The van der Waals surface area contributed by atoms with Crippen molar-refractivity contribution in [3.05, 3.63) is 29.8 Å². The normalized spacial score (nSPS) is 25.2. The topological polar surface area (TPSA) is 95.0 Å². The van der Waals surface area contributed by atoms with Gasteiger partial charge in [0.15, 0.2) is 0 Å². The molecule has 2 aliphatic rings. The summed E-state index contributed by atoms with van der Waals surface area (Å²) < 4.78 is 26.3. The highest BCUT2D eigenvalue weighted by molar-refractivity contribution is 7.89. The molecule has 2 fully saturated rings. The zero-order valence-electron chi connectivity index (χ0n) is 15.8. The van der Waals surface area contributed by atoms with E-state index in [1.54, 1.807) is 13.8 Å². The molecular weight excluding hydrogens is 368 g/mol. The molecule has 1 N–H and O–H groups in total. The Morgan fingerprint density at radius 3 is 2.37 bits per heavy atom. The van der Waals surface area contributed by atoms with Crippen LogP contribution in [-0.2, 0) is 14.8 Å². The maximum atomic E-state index is 12.9. The van der Waals surface area contributed by atoms with E-state index >= 15 is 0 Å². The van der Waals surface area contributed by atoms with Gasteiger partial charge in [0.2, 0.25) is 10.0 Å². The van der Waals surface area contributed by atoms with Crippen molar-refractivity contribution in [3.8, 4) is 0 Å². The van der Waals surface area contributed by atoms with E-state index in [-0.39, 0.29) is 28.7 Å². The van der Waals surface area contributed by atoms with E-state index in [1.165, 1.54) is 40.5 Å². The molecule has 27 heavy (non-hydrogen) atoms. The summed E-state index contributed by atoms with van der Waals surface area (Å²) in [6, 6.07) is 4.78. The number of carbonyl (C=O) groups is 2. The fourth-order valence-corrected chi connectivity index (χ4v) is 5.58. The average molecular weight is 394 g/mol. The fourth-order valence-electron chi connectivity index (χ4n) is 4.21. The first-order valence-corrected chi connectivity index (χ1v) is 10.7. The molecule has 8 heteroatoms. The molecule has 1 aliphatic carbocycles. The van der Waals surface area contributed by atoms with Gasteiger partial charge in [0.05, 0.1) is 4.90 Å². The summed E-state index contributed by atoms with van der Waals surface area (Å²) in [4.78, 5) is 26.2. The van der Waals surface area contributed by atoms with Crippen LogP contribution in [-0.4, -0.2) is 60.3 Å². The number of carboxylic acid groups (broad SMARTS) is 1. The van der Waals surface area contributed by atoms with E-state index < -0.39 is 22.0 Å². The highest BCUT2D eigenvalue weighted by atomic mass is 32.2. The minimum atomic E-state index is -3.62. The molecule has 148 valence electrons.